The molecule has 0 bridgehead atoms. The van der Waals surface area contributed by atoms with Crippen molar-refractivity contribution in [2.45, 2.75) is 26.7 Å². The van der Waals surface area contributed by atoms with Gasteiger partial charge in [0.25, 0.3) is 0 Å². The van der Waals surface area contributed by atoms with Gasteiger partial charge in [0.05, 0.1) is 10.2 Å². The largest absolute Gasteiger partial charge is 0.409 e. The molecule has 0 atom stereocenters. The summed E-state index contributed by atoms with van der Waals surface area (Å²) >= 11 is 2.92. The third-order valence-electron chi connectivity index (χ3n) is 3.11. The van der Waals surface area contributed by atoms with E-state index < -0.39 is 17.0 Å². The van der Waals surface area contributed by atoms with Crippen LogP contribution in [0.15, 0.2) is 21.8 Å². The molecule has 20 heavy (non-hydrogen) atoms. The third-order valence-corrected chi connectivity index (χ3v) is 3.71. The zero-order valence-electron chi connectivity index (χ0n) is 11.4. The Morgan fingerprint density at radius 3 is 2.65 bits per heavy atom. The quantitative estimate of drug-likeness (QED) is 0.183. The molecule has 1 aromatic rings. The maximum atomic E-state index is 13.5. The fraction of sp³-hybridized carbons (Fsp3) is 0.462. The number of hydrogen-bond donors (Lipinski definition) is 3. The molecule has 0 aromatic heterocycles. The summed E-state index contributed by atoms with van der Waals surface area (Å²) in [6.07, 6.45) is 1.32. The first-order valence-electron chi connectivity index (χ1n) is 6.14. The monoisotopic (exact) mass is 349 g/mol. The number of nitrogens with two attached hydrogens (primary N) is 1. The second-order valence-corrected chi connectivity index (χ2v) is 6.00. The zero-order valence-corrected chi connectivity index (χ0v) is 13.0. The van der Waals surface area contributed by atoms with Crippen LogP contribution in [0, 0.1) is 17.0 Å². The smallest absolute Gasteiger partial charge is 0.147 e. The molecular weight excluding hydrogens is 332 g/mol. The molecule has 4 N–H and O–H groups in total. The molecule has 0 saturated carbocycles. The third kappa shape index (κ3) is 4.33. The van der Waals surface area contributed by atoms with E-state index in [0.29, 0.717) is 19.4 Å². The number of nitrogens with one attached hydrogen (secondary N) is 1. The number of rotatable bonds is 6. The highest BCUT2D eigenvalue weighted by Crippen LogP contribution is 2.25. The highest BCUT2D eigenvalue weighted by molar-refractivity contribution is 9.10. The van der Waals surface area contributed by atoms with Gasteiger partial charge in [-0.15, -0.1) is 0 Å². The Hall–Kier alpha value is -1.37. The summed E-state index contributed by atoms with van der Waals surface area (Å²) in [5, 5.41) is 14.5. The number of oxime groups is 1. The second kappa shape index (κ2) is 6.88. The van der Waals surface area contributed by atoms with Gasteiger partial charge in [0.2, 0.25) is 0 Å². The Balaban J connectivity index is 2.52. The Morgan fingerprint density at radius 1 is 1.40 bits per heavy atom. The first kappa shape index (κ1) is 16.7. The fourth-order valence-corrected chi connectivity index (χ4v) is 1.99. The summed E-state index contributed by atoms with van der Waals surface area (Å²) in [4.78, 5) is 0. The summed E-state index contributed by atoms with van der Waals surface area (Å²) in [6, 6.07) is 2.19. The first-order chi connectivity index (χ1) is 9.27. The van der Waals surface area contributed by atoms with Crippen molar-refractivity contribution in [3.05, 3.63) is 28.2 Å². The predicted molar refractivity (Wildman–Crippen MR) is 79.0 cm³/mol. The summed E-state index contributed by atoms with van der Waals surface area (Å²) in [5.74, 6) is -0.891. The van der Waals surface area contributed by atoms with Crippen LogP contribution >= 0.6 is 15.9 Å². The number of benzene rings is 1. The van der Waals surface area contributed by atoms with Crippen molar-refractivity contribution in [1.82, 2.24) is 0 Å². The lowest BCUT2D eigenvalue weighted by molar-refractivity contribution is 0.305. The summed E-state index contributed by atoms with van der Waals surface area (Å²) in [7, 11) is 0. The number of hydrogen-bond acceptors (Lipinski definition) is 3. The van der Waals surface area contributed by atoms with E-state index in [1.54, 1.807) is 0 Å². The molecule has 112 valence electrons. The molecule has 4 nitrogen and oxygen atoms in total. The molecule has 0 spiro atoms. The molecule has 0 amide bonds. The van der Waals surface area contributed by atoms with E-state index in [4.69, 9.17) is 10.9 Å². The minimum atomic E-state index is -0.522. The molecule has 0 aliphatic rings. The Kier molecular flexibility index (Phi) is 5.74. The molecule has 0 aliphatic carbocycles. The van der Waals surface area contributed by atoms with Crippen LogP contribution in [0.2, 0.25) is 0 Å². The Labute approximate surface area is 125 Å². The van der Waals surface area contributed by atoms with Gasteiger partial charge in [-0.2, -0.15) is 0 Å². The number of anilines is 1. The summed E-state index contributed by atoms with van der Waals surface area (Å²) in [6.45, 7) is 4.16. The molecule has 1 rings (SSSR count). The number of nitrogens with zero attached hydrogens (tertiary/aromatic N) is 1. The average Bonchev–Trinajstić information content (AvgIpc) is 2.39. The summed E-state index contributed by atoms with van der Waals surface area (Å²) in [5.41, 5.74) is 5.24. The van der Waals surface area contributed by atoms with E-state index >= 15 is 0 Å². The SMILES string of the molecule is CC(C)(CCCNc1cc(F)c(Br)cc1F)/C(N)=N/O. The van der Waals surface area contributed by atoms with Crippen LogP contribution in [0.1, 0.15) is 26.7 Å². The van der Waals surface area contributed by atoms with Gasteiger partial charge in [-0.05, 0) is 34.8 Å². The molecule has 0 radical (unpaired) electrons. The van der Waals surface area contributed by atoms with E-state index in [0.717, 1.165) is 12.1 Å². The van der Waals surface area contributed by atoms with Crippen LogP contribution in [0.4, 0.5) is 14.5 Å². The van der Waals surface area contributed by atoms with Gasteiger partial charge in [-0.3, -0.25) is 0 Å². The Morgan fingerprint density at radius 2 is 2.05 bits per heavy atom. The van der Waals surface area contributed by atoms with E-state index in [-0.39, 0.29) is 16.0 Å². The molecule has 0 unspecified atom stereocenters. The van der Waals surface area contributed by atoms with E-state index in [1.807, 2.05) is 13.8 Å². The molecule has 1 aromatic carbocycles. The standard InChI is InChI=1S/C13H18BrF2N3O/c1-13(2,12(17)19-20)4-3-5-18-11-7-9(15)8(14)6-10(11)16/h6-7,18,20H,3-5H2,1-2H3,(H2,17,19). The normalized spacial score (nSPS) is 12.6. The lowest BCUT2D eigenvalue weighted by Gasteiger charge is -2.22. The maximum Gasteiger partial charge on any atom is 0.147 e. The van der Waals surface area contributed by atoms with Crippen molar-refractivity contribution >= 4 is 27.5 Å². The van der Waals surface area contributed by atoms with E-state index in [1.165, 1.54) is 0 Å². The lowest BCUT2D eigenvalue weighted by Crippen LogP contribution is -2.32. The van der Waals surface area contributed by atoms with Crippen molar-refractivity contribution in [2.24, 2.45) is 16.3 Å². The molecule has 0 heterocycles. The zero-order chi connectivity index (χ0) is 15.3. The van der Waals surface area contributed by atoms with Gasteiger partial charge in [0.1, 0.15) is 17.5 Å². The van der Waals surface area contributed by atoms with Crippen LogP contribution in [0.25, 0.3) is 0 Å². The highest BCUT2D eigenvalue weighted by atomic mass is 79.9. The number of amidine groups is 1. The molecular formula is C13H18BrF2N3O. The van der Waals surface area contributed by atoms with Crippen LogP contribution in [-0.2, 0) is 0 Å². The Bertz CT molecular complexity index is 507. The van der Waals surface area contributed by atoms with Crippen molar-refractivity contribution in [2.75, 3.05) is 11.9 Å². The number of halogens is 3. The van der Waals surface area contributed by atoms with Crippen LogP contribution in [0.3, 0.4) is 0 Å². The van der Waals surface area contributed by atoms with Gasteiger partial charge in [0, 0.05) is 18.0 Å². The molecule has 0 fully saturated rings. The topological polar surface area (TPSA) is 70.6 Å². The molecule has 7 heteroatoms. The average molecular weight is 350 g/mol. The van der Waals surface area contributed by atoms with Gasteiger partial charge in [-0.25, -0.2) is 8.78 Å². The molecule has 0 saturated heterocycles. The van der Waals surface area contributed by atoms with Crippen molar-refractivity contribution < 1.29 is 14.0 Å². The van der Waals surface area contributed by atoms with Crippen molar-refractivity contribution in [1.29, 1.82) is 0 Å². The minimum absolute atomic E-state index is 0.0913. The predicted octanol–water partition coefficient (Wildman–Crippen LogP) is 3.69. The summed E-state index contributed by atoms with van der Waals surface area (Å²) < 4.78 is 26.9. The van der Waals surface area contributed by atoms with E-state index in [2.05, 4.69) is 26.4 Å². The fourth-order valence-electron chi connectivity index (χ4n) is 1.67. The van der Waals surface area contributed by atoms with Crippen LogP contribution in [0.5, 0.6) is 0 Å². The van der Waals surface area contributed by atoms with Crippen molar-refractivity contribution in [3.8, 4) is 0 Å². The van der Waals surface area contributed by atoms with Crippen LogP contribution in [-0.4, -0.2) is 17.6 Å². The van der Waals surface area contributed by atoms with Crippen molar-refractivity contribution in [3.63, 3.8) is 0 Å². The maximum absolute atomic E-state index is 13.5. The lowest BCUT2D eigenvalue weighted by atomic mass is 9.86. The second-order valence-electron chi connectivity index (χ2n) is 5.15. The minimum Gasteiger partial charge on any atom is -0.409 e. The highest BCUT2D eigenvalue weighted by Gasteiger charge is 2.22. The van der Waals surface area contributed by atoms with Gasteiger partial charge in [0.15, 0.2) is 0 Å². The first-order valence-corrected chi connectivity index (χ1v) is 6.93. The van der Waals surface area contributed by atoms with E-state index in [9.17, 15) is 8.78 Å². The van der Waals surface area contributed by atoms with Crippen LogP contribution < -0.4 is 11.1 Å². The van der Waals surface area contributed by atoms with Gasteiger partial charge in [-0.1, -0.05) is 19.0 Å². The molecule has 0 aliphatic heterocycles. The van der Waals surface area contributed by atoms with Gasteiger partial charge < -0.3 is 16.3 Å². The van der Waals surface area contributed by atoms with Gasteiger partial charge >= 0.3 is 0 Å².